The Labute approximate surface area is 193 Å². The van der Waals surface area contributed by atoms with Gasteiger partial charge in [0.05, 0.1) is 28.3 Å². The van der Waals surface area contributed by atoms with Crippen molar-refractivity contribution in [1.82, 2.24) is 9.97 Å². The van der Waals surface area contributed by atoms with E-state index < -0.39 is 4.92 Å². The van der Waals surface area contributed by atoms with Crippen LogP contribution in [-0.4, -0.2) is 27.4 Å². The van der Waals surface area contributed by atoms with Crippen molar-refractivity contribution in [3.63, 3.8) is 0 Å². The number of pyridine rings is 1. The molecule has 0 spiro atoms. The van der Waals surface area contributed by atoms with Crippen molar-refractivity contribution in [3.05, 3.63) is 94.3 Å². The van der Waals surface area contributed by atoms with Crippen LogP contribution in [0.4, 0.5) is 10.8 Å². The van der Waals surface area contributed by atoms with Crippen molar-refractivity contribution in [2.24, 2.45) is 0 Å². The molecule has 0 saturated carbocycles. The SMILES string of the molecule is CCOc1ccc2nc(N(Cc3ccncc3)C(=O)C=Cc3cccc([N+](=O)[O-])c3)sc2c1. The van der Waals surface area contributed by atoms with Gasteiger partial charge in [-0.1, -0.05) is 23.5 Å². The zero-order valence-electron chi connectivity index (χ0n) is 17.7. The maximum absolute atomic E-state index is 13.2. The van der Waals surface area contributed by atoms with Crippen LogP contribution >= 0.6 is 11.3 Å². The lowest BCUT2D eigenvalue weighted by molar-refractivity contribution is -0.384. The number of non-ortho nitro benzene ring substituents is 1. The predicted molar refractivity (Wildman–Crippen MR) is 128 cm³/mol. The van der Waals surface area contributed by atoms with Crippen molar-refractivity contribution in [2.75, 3.05) is 11.5 Å². The number of nitro benzene ring substituents is 1. The van der Waals surface area contributed by atoms with Gasteiger partial charge in [0.25, 0.3) is 11.6 Å². The number of thiazole rings is 1. The number of fused-ring (bicyclic) bond motifs is 1. The number of benzene rings is 2. The number of carbonyl (C=O) groups excluding carboxylic acids is 1. The van der Waals surface area contributed by atoms with Crippen LogP contribution in [0, 0.1) is 10.1 Å². The summed E-state index contributed by atoms with van der Waals surface area (Å²) in [5, 5.41) is 11.6. The van der Waals surface area contributed by atoms with Crippen LogP contribution in [0.15, 0.2) is 73.1 Å². The molecule has 0 aliphatic rings. The summed E-state index contributed by atoms with van der Waals surface area (Å²) >= 11 is 1.40. The maximum Gasteiger partial charge on any atom is 0.270 e. The Kier molecular flexibility index (Phi) is 6.70. The fourth-order valence-electron chi connectivity index (χ4n) is 3.17. The second-order valence-corrected chi connectivity index (χ2v) is 8.03. The van der Waals surface area contributed by atoms with E-state index in [9.17, 15) is 14.9 Å². The molecule has 9 heteroatoms. The third-order valence-corrected chi connectivity index (χ3v) is 5.79. The minimum absolute atomic E-state index is 0.0329. The summed E-state index contributed by atoms with van der Waals surface area (Å²) in [6.07, 6.45) is 6.31. The number of carbonyl (C=O) groups is 1. The Morgan fingerprint density at radius 1 is 1.18 bits per heavy atom. The smallest absolute Gasteiger partial charge is 0.270 e. The molecule has 0 aliphatic carbocycles. The van der Waals surface area contributed by atoms with Gasteiger partial charge in [-0.15, -0.1) is 0 Å². The Morgan fingerprint density at radius 2 is 2.00 bits per heavy atom. The number of rotatable bonds is 8. The summed E-state index contributed by atoms with van der Waals surface area (Å²) in [4.78, 5) is 34.0. The molecule has 2 aromatic carbocycles. The molecule has 0 aliphatic heterocycles. The van der Waals surface area contributed by atoms with E-state index in [0.29, 0.717) is 23.8 Å². The Morgan fingerprint density at radius 3 is 2.76 bits per heavy atom. The molecule has 0 atom stereocenters. The molecule has 8 nitrogen and oxygen atoms in total. The number of anilines is 1. The van der Waals surface area contributed by atoms with Crippen LogP contribution in [0.3, 0.4) is 0 Å². The van der Waals surface area contributed by atoms with E-state index >= 15 is 0 Å². The van der Waals surface area contributed by atoms with E-state index in [4.69, 9.17) is 4.74 Å². The van der Waals surface area contributed by atoms with Gasteiger partial charge in [0.15, 0.2) is 5.13 Å². The zero-order chi connectivity index (χ0) is 23.2. The average Bonchev–Trinajstić information content (AvgIpc) is 3.25. The number of ether oxygens (including phenoxy) is 1. The average molecular weight is 461 g/mol. The number of aromatic nitrogens is 2. The highest BCUT2D eigenvalue weighted by Crippen LogP contribution is 2.32. The summed E-state index contributed by atoms with van der Waals surface area (Å²) < 4.78 is 6.48. The number of hydrogen-bond donors (Lipinski definition) is 0. The second kappa shape index (κ2) is 10.0. The maximum atomic E-state index is 13.2. The van der Waals surface area contributed by atoms with E-state index in [1.54, 1.807) is 35.5 Å². The van der Waals surface area contributed by atoms with E-state index in [1.807, 2.05) is 37.3 Å². The largest absolute Gasteiger partial charge is 0.494 e. The first-order chi connectivity index (χ1) is 16.0. The number of nitro groups is 1. The van der Waals surface area contributed by atoms with Gasteiger partial charge >= 0.3 is 0 Å². The molecule has 166 valence electrons. The molecule has 4 aromatic rings. The lowest BCUT2D eigenvalue weighted by Gasteiger charge is -2.18. The molecule has 0 fully saturated rings. The predicted octanol–water partition coefficient (Wildman–Crippen LogP) is 5.24. The van der Waals surface area contributed by atoms with E-state index in [0.717, 1.165) is 21.5 Å². The monoisotopic (exact) mass is 460 g/mol. The Balaban J connectivity index is 1.66. The normalized spacial score (nSPS) is 11.1. The Hall–Kier alpha value is -4.11. The number of nitrogens with zero attached hydrogens (tertiary/aromatic N) is 4. The molecule has 4 rings (SSSR count). The van der Waals surface area contributed by atoms with Crippen LogP contribution in [0.2, 0.25) is 0 Å². The number of hydrogen-bond acceptors (Lipinski definition) is 7. The highest BCUT2D eigenvalue weighted by Gasteiger charge is 2.19. The molecular weight excluding hydrogens is 440 g/mol. The van der Waals surface area contributed by atoms with Crippen LogP contribution in [0.5, 0.6) is 5.75 Å². The van der Waals surface area contributed by atoms with Crippen LogP contribution in [0.25, 0.3) is 16.3 Å². The quantitative estimate of drug-likeness (QED) is 0.202. The first kappa shape index (κ1) is 22.1. The van der Waals surface area contributed by atoms with Crippen molar-refractivity contribution in [2.45, 2.75) is 13.5 Å². The Bertz CT molecular complexity index is 1320. The summed E-state index contributed by atoms with van der Waals surface area (Å²) in [6.45, 7) is 2.79. The lowest BCUT2D eigenvalue weighted by atomic mass is 10.2. The summed E-state index contributed by atoms with van der Waals surface area (Å²) in [5.41, 5.74) is 2.20. The zero-order valence-corrected chi connectivity index (χ0v) is 18.6. The topological polar surface area (TPSA) is 98.5 Å². The van der Waals surface area contributed by atoms with Gasteiger partial charge in [0, 0.05) is 30.6 Å². The molecule has 0 bridgehead atoms. The molecule has 0 unspecified atom stereocenters. The highest BCUT2D eigenvalue weighted by atomic mass is 32.1. The van der Waals surface area contributed by atoms with E-state index in [1.165, 1.54) is 29.5 Å². The third kappa shape index (κ3) is 5.39. The molecule has 33 heavy (non-hydrogen) atoms. The molecule has 0 N–H and O–H groups in total. The summed E-state index contributed by atoms with van der Waals surface area (Å²) in [5.74, 6) is 0.459. The number of amides is 1. The molecule has 0 radical (unpaired) electrons. The van der Waals surface area contributed by atoms with Crippen LogP contribution in [-0.2, 0) is 11.3 Å². The lowest BCUT2D eigenvalue weighted by Crippen LogP contribution is -2.28. The standard InChI is InChI=1S/C24H20N4O4S/c1-2-32-20-7-8-21-22(15-20)33-24(26-21)27(16-18-10-12-25-13-11-18)23(29)9-6-17-4-3-5-19(14-17)28(30)31/h3-15H,2,16H2,1H3. The molecular formula is C24H20N4O4S. The van der Waals surface area contributed by atoms with E-state index in [-0.39, 0.29) is 11.6 Å². The summed E-state index contributed by atoms with van der Waals surface area (Å²) in [6, 6.07) is 15.4. The van der Waals surface area contributed by atoms with Gasteiger partial charge < -0.3 is 4.74 Å². The van der Waals surface area contributed by atoms with E-state index in [2.05, 4.69) is 9.97 Å². The fourth-order valence-corrected chi connectivity index (χ4v) is 4.17. The molecule has 2 aromatic heterocycles. The first-order valence-corrected chi connectivity index (χ1v) is 11.0. The van der Waals surface area contributed by atoms with Gasteiger partial charge in [0.1, 0.15) is 5.75 Å². The molecule has 2 heterocycles. The minimum atomic E-state index is -0.466. The summed E-state index contributed by atoms with van der Waals surface area (Å²) in [7, 11) is 0. The van der Waals surface area contributed by atoms with Crippen LogP contribution in [0.1, 0.15) is 18.1 Å². The van der Waals surface area contributed by atoms with Gasteiger partial charge in [0.2, 0.25) is 0 Å². The molecule has 0 saturated heterocycles. The van der Waals surface area contributed by atoms with Gasteiger partial charge in [-0.3, -0.25) is 24.8 Å². The van der Waals surface area contributed by atoms with Gasteiger partial charge in [-0.05, 0) is 54.5 Å². The van der Waals surface area contributed by atoms with Crippen molar-refractivity contribution in [3.8, 4) is 5.75 Å². The van der Waals surface area contributed by atoms with Crippen molar-refractivity contribution < 1.29 is 14.5 Å². The van der Waals surface area contributed by atoms with Crippen molar-refractivity contribution in [1.29, 1.82) is 0 Å². The van der Waals surface area contributed by atoms with Crippen molar-refractivity contribution >= 4 is 44.4 Å². The fraction of sp³-hybridized carbons (Fsp3) is 0.125. The second-order valence-electron chi connectivity index (χ2n) is 7.02. The minimum Gasteiger partial charge on any atom is -0.494 e. The third-order valence-electron chi connectivity index (χ3n) is 4.75. The highest BCUT2D eigenvalue weighted by molar-refractivity contribution is 7.22. The van der Waals surface area contributed by atoms with Gasteiger partial charge in [-0.25, -0.2) is 4.98 Å². The molecule has 1 amide bonds. The van der Waals surface area contributed by atoms with Gasteiger partial charge in [-0.2, -0.15) is 0 Å². The first-order valence-electron chi connectivity index (χ1n) is 10.2. The van der Waals surface area contributed by atoms with Crippen LogP contribution < -0.4 is 9.64 Å².